The zero-order chi connectivity index (χ0) is 17.9. The molecule has 0 unspecified atom stereocenters. The summed E-state index contributed by atoms with van der Waals surface area (Å²) in [6.45, 7) is 0. The molecule has 96 valence electrons. The second-order valence-corrected chi connectivity index (χ2v) is 4.81. The number of para-hydroxylation sites is 1. The van der Waals surface area contributed by atoms with Crippen LogP contribution in [0.5, 0.6) is 0 Å². The van der Waals surface area contributed by atoms with Crippen LogP contribution in [0.25, 0.3) is 32.9 Å². The Morgan fingerprint density at radius 3 is 2.40 bits per heavy atom. The van der Waals surface area contributed by atoms with Crippen LogP contribution in [0.3, 0.4) is 0 Å². The number of nitrogens with zero attached hydrogens (tertiary/aromatic N) is 1. The monoisotopic (exact) mass is 262 g/mol. The first kappa shape index (κ1) is 7.30. The van der Waals surface area contributed by atoms with Crippen molar-refractivity contribution >= 4 is 21.8 Å². The molecule has 1 aromatic heterocycles. The van der Waals surface area contributed by atoms with Gasteiger partial charge in [-0.3, -0.25) is 0 Å². The molecule has 0 aliphatic carbocycles. The Morgan fingerprint density at radius 2 is 1.55 bits per heavy atom. The van der Waals surface area contributed by atoms with Gasteiger partial charge in [-0.25, -0.2) is 0 Å². The first-order valence-corrected chi connectivity index (χ1v) is 6.46. The van der Waals surface area contributed by atoms with Crippen LogP contribution < -0.4 is 0 Å². The molecule has 0 saturated heterocycles. The van der Waals surface area contributed by atoms with Gasteiger partial charge in [-0.15, -0.1) is 0 Å². The fourth-order valence-corrected chi connectivity index (χ4v) is 2.72. The predicted molar refractivity (Wildman–Crippen MR) is 85.9 cm³/mol. The summed E-state index contributed by atoms with van der Waals surface area (Å²) >= 11 is 0. The standard InChI is InChI=1S/C19H15N/c1-20-18-10-6-5-9-16(18)17-13-15(11-12-19(17)20)14-7-3-2-4-8-14/h2-13H,1H3/i2D,3D,4D,7D,8D. The molecule has 4 aromatic rings. The van der Waals surface area contributed by atoms with Crippen molar-refractivity contribution in [2.24, 2.45) is 7.05 Å². The summed E-state index contributed by atoms with van der Waals surface area (Å²) in [5, 5.41) is 2.08. The van der Waals surface area contributed by atoms with Gasteiger partial charge in [-0.1, -0.05) is 54.5 Å². The number of fused-ring (bicyclic) bond motifs is 3. The van der Waals surface area contributed by atoms with Crippen molar-refractivity contribution in [3.63, 3.8) is 0 Å². The smallest absolute Gasteiger partial charge is 0.0629 e. The van der Waals surface area contributed by atoms with Crippen LogP contribution in [0.2, 0.25) is 0 Å². The minimum absolute atomic E-state index is 0.175. The number of aromatic nitrogens is 1. The van der Waals surface area contributed by atoms with Crippen LogP contribution in [-0.4, -0.2) is 4.57 Å². The third-order valence-electron chi connectivity index (χ3n) is 3.70. The Kier molecular flexibility index (Phi) is 1.55. The summed E-state index contributed by atoms with van der Waals surface area (Å²) < 4.78 is 41.9. The van der Waals surface area contributed by atoms with E-state index in [2.05, 4.69) is 4.57 Å². The van der Waals surface area contributed by atoms with Crippen molar-refractivity contribution < 1.29 is 6.85 Å². The van der Waals surface area contributed by atoms with E-state index >= 15 is 0 Å². The molecular weight excluding hydrogens is 242 g/mol. The zero-order valence-corrected chi connectivity index (χ0v) is 11.0. The van der Waals surface area contributed by atoms with Gasteiger partial charge in [0.15, 0.2) is 0 Å². The van der Waals surface area contributed by atoms with Gasteiger partial charge in [0, 0.05) is 28.9 Å². The summed E-state index contributed by atoms with van der Waals surface area (Å²) in [6.07, 6.45) is 0. The molecule has 4 rings (SSSR count). The number of aryl methyl sites for hydroxylation is 1. The molecule has 0 fully saturated rings. The molecule has 20 heavy (non-hydrogen) atoms. The van der Waals surface area contributed by atoms with Gasteiger partial charge in [-0.05, 0) is 29.3 Å². The highest BCUT2D eigenvalue weighted by Gasteiger charge is 2.08. The van der Waals surface area contributed by atoms with E-state index in [0.29, 0.717) is 5.56 Å². The molecular formula is C19H15N. The van der Waals surface area contributed by atoms with Gasteiger partial charge in [0.25, 0.3) is 0 Å². The lowest BCUT2D eigenvalue weighted by molar-refractivity contribution is 1.01. The fourth-order valence-electron chi connectivity index (χ4n) is 2.72. The Bertz CT molecular complexity index is 1130. The van der Waals surface area contributed by atoms with E-state index in [0.717, 1.165) is 21.8 Å². The third-order valence-corrected chi connectivity index (χ3v) is 3.70. The number of benzene rings is 3. The highest BCUT2D eigenvalue weighted by Crippen LogP contribution is 2.31. The second-order valence-electron chi connectivity index (χ2n) is 4.81. The normalized spacial score (nSPS) is 14.8. The van der Waals surface area contributed by atoms with E-state index in [4.69, 9.17) is 6.85 Å². The lowest BCUT2D eigenvalue weighted by Crippen LogP contribution is -1.85. The largest absolute Gasteiger partial charge is 0.344 e. The maximum absolute atomic E-state index is 8.17. The Morgan fingerprint density at radius 1 is 0.800 bits per heavy atom. The average Bonchev–Trinajstić information content (AvgIpc) is 2.91. The molecule has 0 spiro atoms. The van der Waals surface area contributed by atoms with Crippen molar-refractivity contribution in [3.8, 4) is 11.1 Å². The zero-order valence-electron chi connectivity index (χ0n) is 16.0. The topological polar surface area (TPSA) is 4.93 Å². The molecule has 0 amide bonds. The van der Waals surface area contributed by atoms with Crippen molar-refractivity contribution in [1.29, 1.82) is 0 Å². The quantitative estimate of drug-likeness (QED) is 0.455. The van der Waals surface area contributed by atoms with Gasteiger partial charge >= 0.3 is 0 Å². The fraction of sp³-hybridized carbons (Fsp3) is 0.0526. The molecule has 0 atom stereocenters. The van der Waals surface area contributed by atoms with Crippen LogP contribution in [0.15, 0.2) is 72.7 Å². The summed E-state index contributed by atoms with van der Waals surface area (Å²) in [5.74, 6) is 0. The highest BCUT2D eigenvalue weighted by molar-refractivity contribution is 6.09. The van der Waals surface area contributed by atoms with Crippen molar-refractivity contribution in [2.75, 3.05) is 0 Å². The molecule has 1 heteroatoms. The highest BCUT2D eigenvalue weighted by atomic mass is 14.9. The molecule has 3 aromatic carbocycles. The molecule has 0 aliphatic rings. The van der Waals surface area contributed by atoms with Crippen LogP contribution in [0.1, 0.15) is 6.85 Å². The molecule has 0 aliphatic heterocycles. The minimum atomic E-state index is -0.370. The summed E-state index contributed by atoms with van der Waals surface area (Å²) in [7, 11) is 1.99. The van der Waals surface area contributed by atoms with Gasteiger partial charge in [0.2, 0.25) is 0 Å². The molecule has 1 nitrogen and oxygen atoms in total. The summed E-state index contributed by atoms with van der Waals surface area (Å²) in [4.78, 5) is 0. The predicted octanol–water partition coefficient (Wildman–Crippen LogP) is 5.00. The lowest BCUT2D eigenvalue weighted by Gasteiger charge is -2.02. The maximum atomic E-state index is 8.17. The molecule has 1 heterocycles. The minimum Gasteiger partial charge on any atom is -0.344 e. The van der Waals surface area contributed by atoms with Gasteiger partial charge in [0.1, 0.15) is 0 Å². The lowest BCUT2D eigenvalue weighted by atomic mass is 10.0. The number of hydrogen-bond acceptors (Lipinski definition) is 0. The van der Waals surface area contributed by atoms with Crippen molar-refractivity contribution in [2.45, 2.75) is 0 Å². The summed E-state index contributed by atoms with van der Waals surface area (Å²) in [5.41, 5.74) is 3.00. The number of rotatable bonds is 1. The van der Waals surface area contributed by atoms with E-state index in [1.807, 2.05) is 49.5 Å². The van der Waals surface area contributed by atoms with E-state index in [1.54, 1.807) is 0 Å². The van der Waals surface area contributed by atoms with Crippen LogP contribution >= 0.6 is 0 Å². The van der Waals surface area contributed by atoms with E-state index in [1.165, 1.54) is 0 Å². The first-order valence-electron chi connectivity index (χ1n) is 8.96. The Labute approximate surface area is 125 Å². The molecule has 0 N–H and O–H groups in total. The average molecular weight is 262 g/mol. The van der Waals surface area contributed by atoms with Gasteiger partial charge in [0.05, 0.1) is 6.85 Å². The molecule has 0 bridgehead atoms. The van der Waals surface area contributed by atoms with Crippen LogP contribution in [-0.2, 0) is 7.05 Å². The summed E-state index contributed by atoms with van der Waals surface area (Å²) in [6, 6.07) is 12.3. The van der Waals surface area contributed by atoms with Crippen LogP contribution in [0, 0.1) is 0 Å². The van der Waals surface area contributed by atoms with Gasteiger partial charge < -0.3 is 4.57 Å². The van der Waals surface area contributed by atoms with Crippen molar-refractivity contribution in [1.82, 2.24) is 4.57 Å². The number of hydrogen-bond donors (Lipinski definition) is 0. The third kappa shape index (κ3) is 1.56. The van der Waals surface area contributed by atoms with E-state index in [-0.39, 0.29) is 35.8 Å². The molecule has 0 radical (unpaired) electrons. The SMILES string of the molecule is [2H]c1c([2H])c([2H])c(-c2ccc3c(c2)c2ccccc2n3C)c([2H])c1[2H]. The molecule has 0 saturated carbocycles. The van der Waals surface area contributed by atoms with Crippen LogP contribution in [0.4, 0.5) is 0 Å². The maximum Gasteiger partial charge on any atom is 0.0629 e. The first-order chi connectivity index (χ1) is 11.9. The van der Waals surface area contributed by atoms with E-state index in [9.17, 15) is 0 Å². The Balaban J connectivity index is 2.09. The second kappa shape index (κ2) is 4.24. The Hall–Kier alpha value is -2.54. The van der Waals surface area contributed by atoms with Crippen molar-refractivity contribution in [3.05, 3.63) is 72.7 Å². The van der Waals surface area contributed by atoms with Gasteiger partial charge in [-0.2, -0.15) is 0 Å². The van der Waals surface area contributed by atoms with E-state index < -0.39 is 0 Å².